The summed E-state index contributed by atoms with van der Waals surface area (Å²) in [5.74, 6) is 1.37. The number of hydrogen-bond donors (Lipinski definition) is 2. The summed E-state index contributed by atoms with van der Waals surface area (Å²) >= 11 is 0. The van der Waals surface area contributed by atoms with Gasteiger partial charge in [-0.05, 0) is 23.1 Å². The van der Waals surface area contributed by atoms with Gasteiger partial charge >= 0.3 is 0 Å². The summed E-state index contributed by atoms with van der Waals surface area (Å²) in [4.78, 5) is 12.3. The van der Waals surface area contributed by atoms with Gasteiger partial charge in [-0.1, -0.05) is 32.9 Å². The Bertz CT molecular complexity index is 770. The number of carbonyl (C=O) groups is 1. The summed E-state index contributed by atoms with van der Waals surface area (Å²) in [6, 6.07) is 11.7. The average Bonchev–Trinajstić information content (AvgIpc) is 2.66. The van der Waals surface area contributed by atoms with Crippen LogP contribution in [0.15, 0.2) is 36.4 Å². The molecule has 0 atom stereocenters. The van der Waals surface area contributed by atoms with Gasteiger partial charge in [0.1, 0.15) is 0 Å². The number of anilines is 2. The number of methoxy groups -OCH3 is 3. The summed E-state index contributed by atoms with van der Waals surface area (Å²) in [6.45, 7) is 7.08. The van der Waals surface area contributed by atoms with Gasteiger partial charge in [-0.2, -0.15) is 0 Å². The van der Waals surface area contributed by atoms with Gasteiger partial charge in [-0.25, -0.2) is 0 Å². The SMILES string of the molecule is COc1cc(NC(=O)CCNc2ccc(C(C)(C)C)cc2)cc(OC)c1OC. The quantitative estimate of drug-likeness (QED) is 0.701. The lowest BCUT2D eigenvalue weighted by molar-refractivity contribution is -0.115. The molecule has 2 rings (SSSR count). The van der Waals surface area contributed by atoms with E-state index in [0.717, 1.165) is 5.69 Å². The monoisotopic (exact) mass is 386 g/mol. The molecule has 0 aromatic heterocycles. The Hall–Kier alpha value is -2.89. The fourth-order valence-electron chi connectivity index (χ4n) is 2.79. The number of amides is 1. The van der Waals surface area contributed by atoms with E-state index in [1.165, 1.54) is 19.8 Å². The highest BCUT2D eigenvalue weighted by Crippen LogP contribution is 2.39. The van der Waals surface area contributed by atoms with Gasteiger partial charge in [0.05, 0.1) is 21.3 Å². The van der Waals surface area contributed by atoms with Crippen molar-refractivity contribution in [3.8, 4) is 17.2 Å². The van der Waals surface area contributed by atoms with Gasteiger partial charge in [0, 0.05) is 36.5 Å². The van der Waals surface area contributed by atoms with Crippen molar-refractivity contribution in [2.45, 2.75) is 32.6 Å². The number of carbonyl (C=O) groups excluding carboxylic acids is 1. The normalized spacial score (nSPS) is 10.9. The molecule has 0 saturated carbocycles. The lowest BCUT2D eigenvalue weighted by Gasteiger charge is -2.19. The van der Waals surface area contributed by atoms with Crippen molar-refractivity contribution in [1.82, 2.24) is 0 Å². The molecule has 0 saturated heterocycles. The summed E-state index contributed by atoms with van der Waals surface area (Å²) in [7, 11) is 4.62. The first-order valence-corrected chi connectivity index (χ1v) is 9.22. The molecule has 2 N–H and O–H groups in total. The molecule has 0 heterocycles. The number of hydrogen-bond acceptors (Lipinski definition) is 5. The smallest absolute Gasteiger partial charge is 0.226 e. The van der Waals surface area contributed by atoms with Crippen LogP contribution < -0.4 is 24.8 Å². The van der Waals surface area contributed by atoms with Crippen molar-refractivity contribution in [3.63, 3.8) is 0 Å². The van der Waals surface area contributed by atoms with Crippen LogP contribution in [0, 0.1) is 0 Å². The fraction of sp³-hybridized carbons (Fsp3) is 0.409. The summed E-state index contributed by atoms with van der Waals surface area (Å²) in [5, 5.41) is 6.14. The zero-order valence-corrected chi connectivity index (χ0v) is 17.5. The van der Waals surface area contributed by atoms with E-state index in [-0.39, 0.29) is 11.3 Å². The summed E-state index contributed by atoms with van der Waals surface area (Å²) < 4.78 is 15.9. The molecule has 0 bridgehead atoms. The number of ether oxygens (including phenoxy) is 3. The molecular formula is C22H30N2O4. The van der Waals surface area contributed by atoms with Gasteiger partial charge < -0.3 is 24.8 Å². The number of rotatable bonds is 8. The van der Waals surface area contributed by atoms with Crippen LogP contribution in [0.25, 0.3) is 0 Å². The molecule has 0 unspecified atom stereocenters. The third-order valence-corrected chi connectivity index (χ3v) is 4.38. The van der Waals surface area contributed by atoms with Crippen LogP contribution >= 0.6 is 0 Å². The van der Waals surface area contributed by atoms with E-state index in [2.05, 4.69) is 43.5 Å². The zero-order chi connectivity index (χ0) is 20.7. The minimum Gasteiger partial charge on any atom is -0.493 e. The Balaban J connectivity index is 1.92. The fourth-order valence-corrected chi connectivity index (χ4v) is 2.79. The van der Waals surface area contributed by atoms with E-state index in [9.17, 15) is 4.79 Å². The largest absolute Gasteiger partial charge is 0.493 e. The Morgan fingerprint density at radius 3 is 1.93 bits per heavy atom. The van der Waals surface area contributed by atoms with Gasteiger partial charge in [0.25, 0.3) is 0 Å². The zero-order valence-electron chi connectivity index (χ0n) is 17.5. The highest BCUT2D eigenvalue weighted by Gasteiger charge is 2.15. The van der Waals surface area contributed by atoms with Crippen molar-refractivity contribution >= 4 is 17.3 Å². The van der Waals surface area contributed by atoms with Crippen LogP contribution in [-0.4, -0.2) is 33.8 Å². The molecule has 0 radical (unpaired) electrons. The van der Waals surface area contributed by atoms with Gasteiger partial charge in [-0.3, -0.25) is 4.79 Å². The Kier molecular flexibility index (Phi) is 7.15. The van der Waals surface area contributed by atoms with E-state index in [4.69, 9.17) is 14.2 Å². The maximum Gasteiger partial charge on any atom is 0.226 e. The highest BCUT2D eigenvalue weighted by molar-refractivity contribution is 5.91. The summed E-state index contributed by atoms with van der Waals surface area (Å²) in [6.07, 6.45) is 0.331. The van der Waals surface area contributed by atoms with Crippen LogP contribution in [0.3, 0.4) is 0 Å². The van der Waals surface area contributed by atoms with Gasteiger partial charge in [-0.15, -0.1) is 0 Å². The van der Waals surface area contributed by atoms with Crippen LogP contribution in [0.2, 0.25) is 0 Å². The van der Waals surface area contributed by atoms with Crippen LogP contribution in [0.4, 0.5) is 11.4 Å². The van der Waals surface area contributed by atoms with Crippen molar-refractivity contribution in [1.29, 1.82) is 0 Å². The van der Waals surface area contributed by atoms with E-state index in [1.54, 1.807) is 19.2 Å². The second kappa shape index (κ2) is 9.35. The summed E-state index contributed by atoms with van der Waals surface area (Å²) in [5.41, 5.74) is 2.99. The van der Waals surface area contributed by atoms with Crippen molar-refractivity contribution in [2.75, 3.05) is 38.5 Å². The predicted molar refractivity (Wildman–Crippen MR) is 113 cm³/mol. The Morgan fingerprint density at radius 2 is 1.46 bits per heavy atom. The Morgan fingerprint density at radius 1 is 0.893 bits per heavy atom. The molecular weight excluding hydrogens is 356 g/mol. The second-order valence-electron chi connectivity index (χ2n) is 7.47. The highest BCUT2D eigenvalue weighted by atomic mass is 16.5. The minimum absolute atomic E-state index is 0.104. The average molecular weight is 386 g/mol. The molecule has 2 aromatic rings. The molecule has 0 aliphatic heterocycles. The molecule has 152 valence electrons. The maximum atomic E-state index is 12.3. The van der Waals surface area contributed by atoms with E-state index in [0.29, 0.717) is 35.9 Å². The minimum atomic E-state index is -0.104. The maximum absolute atomic E-state index is 12.3. The lowest BCUT2D eigenvalue weighted by Crippen LogP contribution is -2.16. The molecule has 0 spiro atoms. The van der Waals surface area contributed by atoms with Crippen molar-refractivity contribution in [3.05, 3.63) is 42.0 Å². The first-order chi connectivity index (χ1) is 13.3. The third kappa shape index (κ3) is 5.55. The van der Waals surface area contributed by atoms with Crippen molar-refractivity contribution in [2.24, 2.45) is 0 Å². The standard InChI is InChI=1S/C22H30N2O4/c1-22(2,3)15-7-9-16(10-8-15)23-12-11-20(25)24-17-13-18(26-4)21(28-6)19(14-17)27-5/h7-10,13-14,23H,11-12H2,1-6H3,(H,24,25). The van der Waals surface area contributed by atoms with E-state index >= 15 is 0 Å². The molecule has 0 aliphatic rings. The van der Waals surface area contributed by atoms with Gasteiger partial charge in [0.2, 0.25) is 11.7 Å². The topological polar surface area (TPSA) is 68.8 Å². The first kappa shape index (κ1) is 21.4. The number of benzene rings is 2. The predicted octanol–water partition coefficient (Wildman–Crippen LogP) is 4.45. The van der Waals surface area contributed by atoms with Crippen LogP contribution in [0.1, 0.15) is 32.8 Å². The molecule has 28 heavy (non-hydrogen) atoms. The molecule has 2 aromatic carbocycles. The van der Waals surface area contributed by atoms with E-state index < -0.39 is 0 Å². The van der Waals surface area contributed by atoms with Crippen LogP contribution in [-0.2, 0) is 10.2 Å². The molecule has 6 heteroatoms. The second-order valence-corrected chi connectivity index (χ2v) is 7.47. The molecule has 0 fully saturated rings. The molecule has 6 nitrogen and oxygen atoms in total. The van der Waals surface area contributed by atoms with Crippen molar-refractivity contribution < 1.29 is 19.0 Å². The van der Waals surface area contributed by atoms with E-state index in [1.807, 2.05) is 12.1 Å². The van der Waals surface area contributed by atoms with Gasteiger partial charge in [0.15, 0.2) is 11.5 Å². The Labute approximate surface area is 167 Å². The third-order valence-electron chi connectivity index (χ3n) is 4.38. The first-order valence-electron chi connectivity index (χ1n) is 9.22. The molecule has 1 amide bonds. The molecule has 0 aliphatic carbocycles. The lowest BCUT2D eigenvalue weighted by atomic mass is 9.87. The van der Waals surface area contributed by atoms with Crippen LogP contribution in [0.5, 0.6) is 17.2 Å². The number of nitrogens with one attached hydrogen (secondary N) is 2.